The Morgan fingerprint density at radius 3 is 2.54 bits per heavy atom. The van der Waals surface area contributed by atoms with Crippen molar-refractivity contribution in [3.8, 4) is 0 Å². The predicted molar refractivity (Wildman–Crippen MR) is 57.6 cm³/mol. The van der Waals surface area contributed by atoms with Gasteiger partial charge in [0.15, 0.2) is 0 Å². The second-order valence-corrected chi connectivity index (χ2v) is 3.14. The van der Waals surface area contributed by atoms with Crippen LogP contribution in [0.5, 0.6) is 0 Å². The minimum atomic E-state index is 0.684. The van der Waals surface area contributed by atoms with Crippen LogP contribution in [-0.2, 0) is 6.42 Å². The number of allylic oxidation sites excluding steroid dienone is 1. The largest absolute Gasteiger partial charge is 0.327 e. The van der Waals surface area contributed by atoms with Crippen molar-refractivity contribution in [1.82, 2.24) is 0 Å². The van der Waals surface area contributed by atoms with Gasteiger partial charge in [-0.1, -0.05) is 42.0 Å². The Bertz CT molecular complexity index is 262. The average molecular weight is 175 g/mol. The number of hydrogen-bond donors (Lipinski definition) is 1. The number of hydrogen-bond acceptors (Lipinski definition) is 1. The summed E-state index contributed by atoms with van der Waals surface area (Å²) in [5.74, 6) is 0. The fraction of sp³-hybridized carbons (Fsp3) is 0.333. The lowest BCUT2D eigenvalue weighted by atomic mass is 10.0. The summed E-state index contributed by atoms with van der Waals surface area (Å²) in [6, 6.07) is 10.5. The van der Waals surface area contributed by atoms with Crippen LogP contribution in [-0.4, -0.2) is 6.54 Å². The third kappa shape index (κ3) is 3.43. The van der Waals surface area contributed by atoms with Crippen LogP contribution in [0.2, 0.25) is 0 Å². The standard InChI is InChI=1S/C12H17N/c1-2-11(10-13)8-9-12-6-4-3-5-7-12/h2-7H,8-10,13H2,1H3/b11-2+. The third-order valence-electron chi connectivity index (χ3n) is 2.25. The van der Waals surface area contributed by atoms with Crippen LogP contribution >= 0.6 is 0 Å². The molecule has 70 valence electrons. The molecule has 1 heteroatoms. The van der Waals surface area contributed by atoms with Crippen molar-refractivity contribution in [3.63, 3.8) is 0 Å². The van der Waals surface area contributed by atoms with Gasteiger partial charge in [-0.2, -0.15) is 0 Å². The molecule has 0 aromatic heterocycles. The van der Waals surface area contributed by atoms with Crippen molar-refractivity contribution in [1.29, 1.82) is 0 Å². The molecule has 0 spiro atoms. The van der Waals surface area contributed by atoms with E-state index in [9.17, 15) is 0 Å². The summed E-state index contributed by atoms with van der Waals surface area (Å²) in [6.45, 7) is 2.73. The van der Waals surface area contributed by atoms with Crippen LogP contribution in [0.3, 0.4) is 0 Å². The lowest BCUT2D eigenvalue weighted by molar-refractivity contribution is 0.900. The van der Waals surface area contributed by atoms with Crippen molar-refractivity contribution >= 4 is 0 Å². The monoisotopic (exact) mass is 175 g/mol. The molecule has 0 saturated carbocycles. The molecule has 0 bridgehead atoms. The third-order valence-corrected chi connectivity index (χ3v) is 2.25. The Morgan fingerprint density at radius 2 is 2.00 bits per heavy atom. The van der Waals surface area contributed by atoms with Crippen LogP contribution in [0.15, 0.2) is 42.0 Å². The highest BCUT2D eigenvalue weighted by molar-refractivity contribution is 5.16. The van der Waals surface area contributed by atoms with Gasteiger partial charge in [0.05, 0.1) is 0 Å². The van der Waals surface area contributed by atoms with E-state index < -0.39 is 0 Å². The molecule has 0 aliphatic heterocycles. The summed E-state index contributed by atoms with van der Waals surface area (Å²) in [4.78, 5) is 0. The lowest BCUT2D eigenvalue weighted by Gasteiger charge is -2.03. The highest BCUT2D eigenvalue weighted by atomic mass is 14.5. The van der Waals surface area contributed by atoms with Crippen molar-refractivity contribution in [2.45, 2.75) is 19.8 Å². The molecule has 1 aromatic rings. The van der Waals surface area contributed by atoms with E-state index in [4.69, 9.17) is 5.73 Å². The molecule has 0 saturated heterocycles. The quantitative estimate of drug-likeness (QED) is 0.699. The van der Waals surface area contributed by atoms with Gasteiger partial charge in [0.25, 0.3) is 0 Å². The first-order valence-corrected chi connectivity index (χ1v) is 4.75. The summed E-state index contributed by atoms with van der Waals surface area (Å²) in [6.07, 6.45) is 4.29. The fourth-order valence-electron chi connectivity index (χ4n) is 1.31. The number of nitrogens with two attached hydrogens (primary N) is 1. The van der Waals surface area contributed by atoms with E-state index in [2.05, 4.69) is 30.3 Å². The summed E-state index contributed by atoms with van der Waals surface area (Å²) in [5.41, 5.74) is 8.30. The smallest absolute Gasteiger partial charge is 0.0136 e. The average Bonchev–Trinajstić information content (AvgIpc) is 2.21. The molecule has 0 aliphatic rings. The fourth-order valence-corrected chi connectivity index (χ4v) is 1.31. The first-order chi connectivity index (χ1) is 6.36. The molecule has 0 amide bonds. The van der Waals surface area contributed by atoms with Gasteiger partial charge in [-0.3, -0.25) is 0 Å². The van der Waals surface area contributed by atoms with Gasteiger partial charge in [0.1, 0.15) is 0 Å². The van der Waals surface area contributed by atoms with E-state index in [1.165, 1.54) is 11.1 Å². The van der Waals surface area contributed by atoms with Crippen LogP contribution in [0, 0.1) is 0 Å². The van der Waals surface area contributed by atoms with Crippen LogP contribution in [0.1, 0.15) is 18.9 Å². The molecule has 0 unspecified atom stereocenters. The Hall–Kier alpha value is -1.08. The number of aryl methyl sites for hydroxylation is 1. The molecule has 0 aliphatic carbocycles. The second-order valence-electron chi connectivity index (χ2n) is 3.14. The van der Waals surface area contributed by atoms with E-state index in [0.717, 1.165) is 12.8 Å². The number of benzene rings is 1. The van der Waals surface area contributed by atoms with Crippen LogP contribution < -0.4 is 5.73 Å². The lowest BCUT2D eigenvalue weighted by Crippen LogP contribution is -2.03. The molecule has 0 fully saturated rings. The topological polar surface area (TPSA) is 26.0 Å². The molecule has 0 atom stereocenters. The van der Waals surface area contributed by atoms with Gasteiger partial charge in [0.2, 0.25) is 0 Å². The van der Waals surface area contributed by atoms with Crippen LogP contribution in [0.4, 0.5) is 0 Å². The summed E-state index contributed by atoms with van der Waals surface area (Å²) >= 11 is 0. The van der Waals surface area contributed by atoms with E-state index in [1.807, 2.05) is 13.0 Å². The van der Waals surface area contributed by atoms with Gasteiger partial charge >= 0.3 is 0 Å². The molecule has 1 nitrogen and oxygen atoms in total. The Labute approximate surface area is 80.3 Å². The summed E-state index contributed by atoms with van der Waals surface area (Å²) in [5, 5.41) is 0. The van der Waals surface area contributed by atoms with E-state index in [-0.39, 0.29) is 0 Å². The van der Waals surface area contributed by atoms with Crippen molar-refractivity contribution in [2.24, 2.45) is 5.73 Å². The van der Waals surface area contributed by atoms with Gasteiger partial charge in [-0.15, -0.1) is 0 Å². The SMILES string of the molecule is C/C=C(/CN)CCc1ccccc1. The molecular weight excluding hydrogens is 158 g/mol. The number of rotatable bonds is 4. The normalized spacial score (nSPS) is 11.7. The highest BCUT2D eigenvalue weighted by Crippen LogP contribution is 2.07. The van der Waals surface area contributed by atoms with E-state index in [0.29, 0.717) is 6.54 Å². The maximum atomic E-state index is 5.58. The second kappa shape index (κ2) is 5.55. The zero-order valence-electron chi connectivity index (χ0n) is 8.16. The molecule has 2 N–H and O–H groups in total. The molecule has 0 radical (unpaired) electrons. The van der Waals surface area contributed by atoms with Crippen molar-refractivity contribution in [2.75, 3.05) is 6.54 Å². The minimum absolute atomic E-state index is 0.684. The predicted octanol–water partition coefficient (Wildman–Crippen LogP) is 2.52. The first-order valence-electron chi connectivity index (χ1n) is 4.75. The molecular formula is C12H17N. The molecule has 1 aromatic carbocycles. The van der Waals surface area contributed by atoms with Crippen molar-refractivity contribution < 1.29 is 0 Å². The maximum absolute atomic E-state index is 5.58. The van der Waals surface area contributed by atoms with E-state index >= 15 is 0 Å². The Morgan fingerprint density at radius 1 is 1.31 bits per heavy atom. The minimum Gasteiger partial charge on any atom is -0.327 e. The Balaban J connectivity index is 2.43. The highest BCUT2D eigenvalue weighted by Gasteiger charge is 1.94. The van der Waals surface area contributed by atoms with Gasteiger partial charge in [-0.25, -0.2) is 0 Å². The van der Waals surface area contributed by atoms with Gasteiger partial charge in [-0.05, 0) is 25.3 Å². The molecule has 13 heavy (non-hydrogen) atoms. The maximum Gasteiger partial charge on any atom is 0.0136 e. The van der Waals surface area contributed by atoms with E-state index in [1.54, 1.807) is 0 Å². The summed E-state index contributed by atoms with van der Waals surface area (Å²) < 4.78 is 0. The van der Waals surface area contributed by atoms with Crippen LogP contribution in [0.25, 0.3) is 0 Å². The molecule has 0 heterocycles. The molecule has 1 rings (SSSR count). The zero-order valence-corrected chi connectivity index (χ0v) is 8.16. The van der Waals surface area contributed by atoms with Gasteiger partial charge < -0.3 is 5.73 Å². The Kier molecular flexibility index (Phi) is 4.27. The van der Waals surface area contributed by atoms with Crippen molar-refractivity contribution in [3.05, 3.63) is 47.5 Å². The summed E-state index contributed by atoms with van der Waals surface area (Å²) in [7, 11) is 0. The zero-order chi connectivity index (χ0) is 9.52. The van der Waals surface area contributed by atoms with Gasteiger partial charge in [0, 0.05) is 6.54 Å². The first kappa shape index (κ1) is 10.0.